The van der Waals surface area contributed by atoms with Crippen LogP contribution in [0.15, 0.2) is 23.2 Å². The first kappa shape index (κ1) is 17.2. The Balaban J connectivity index is 2.27. The molecule has 1 aromatic heterocycles. The molecule has 2 heterocycles. The van der Waals surface area contributed by atoms with Gasteiger partial charge < -0.3 is 5.11 Å². The van der Waals surface area contributed by atoms with Gasteiger partial charge in [-0.05, 0) is 25.0 Å². The van der Waals surface area contributed by atoms with E-state index in [1.165, 1.54) is 4.31 Å². The van der Waals surface area contributed by atoms with Gasteiger partial charge in [0.25, 0.3) is 0 Å². The van der Waals surface area contributed by atoms with Crippen LogP contribution in [0.4, 0.5) is 13.2 Å². The zero-order valence-corrected chi connectivity index (χ0v) is 12.8. The van der Waals surface area contributed by atoms with E-state index in [4.69, 9.17) is 0 Å². The molecular formula is C13H17F3N2O3S. The van der Waals surface area contributed by atoms with E-state index >= 15 is 0 Å². The summed E-state index contributed by atoms with van der Waals surface area (Å²) < 4.78 is 63.5. The number of aromatic nitrogens is 1. The third-order valence-corrected chi connectivity index (χ3v) is 5.62. The number of rotatable bonds is 3. The topological polar surface area (TPSA) is 70.5 Å². The summed E-state index contributed by atoms with van der Waals surface area (Å²) in [5.41, 5.74) is -1.67. The molecule has 0 saturated carbocycles. The summed E-state index contributed by atoms with van der Waals surface area (Å²) >= 11 is 0. The molecule has 2 rings (SSSR count). The van der Waals surface area contributed by atoms with Crippen LogP contribution in [0.2, 0.25) is 0 Å². The SMILES string of the molecule is C[C@@]1(CO)CCCN(S(=O)(=O)c2ccc(C(F)(F)F)nc2)C1. The normalized spacial score (nSPS) is 24.4. The van der Waals surface area contributed by atoms with E-state index in [2.05, 4.69) is 4.98 Å². The first-order chi connectivity index (χ1) is 10.1. The number of nitrogens with zero attached hydrogens (tertiary/aromatic N) is 2. The number of aliphatic hydroxyl groups excluding tert-OH is 1. The second kappa shape index (κ2) is 5.78. The van der Waals surface area contributed by atoms with Gasteiger partial charge in [-0.2, -0.15) is 17.5 Å². The van der Waals surface area contributed by atoms with Crippen molar-refractivity contribution in [3.05, 3.63) is 24.0 Å². The lowest BCUT2D eigenvalue weighted by molar-refractivity contribution is -0.141. The molecule has 0 bridgehead atoms. The molecule has 0 radical (unpaired) electrons. The van der Waals surface area contributed by atoms with E-state index in [1.807, 2.05) is 0 Å². The van der Waals surface area contributed by atoms with Crippen molar-refractivity contribution in [3.63, 3.8) is 0 Å². The molecule has 1 N–H and O–H groups in total. The molecule has 22 heavy (non-hydrogen) atoms. The highest BCUT2D eigenvalue weighted by Crippen LogP contribution is 2.33. The van der Waals surface area contributed by atoms with Gasteiger partial charge >= 0.3 is 6.18 Å². The number of aliphatic hydroxyl groups is 1. The van der Waals surface area contributed by atoms with Crippen LogP contribution in [0.5, 0.6) is 0 Å². The van der Waals surface area contributed by atoms with Crippen LogP contribution in [0.1, 0.15) is 25.5 Å². The summed E-state index contributed by atoms with van der Waals surface area (Å²) in [5.74, 6) is 0. The van der Waals surface area contributed by atoms with Crippen LogP contribution in [0, 0.1) is 5.41 Å². The van der Waals surface area contributed by atoms with E-state index in [0.29, 0.717) is 18.9 Å². The Morgan fingerprint density at radius 2 is 2.09 bits per heavy atom. The molecule has 5 nitrogen and oxygen atoms in total. The lowest BCUT2D eigenvalue weighted by Gasteiger charge is -2.38. The summed E-state index contributed by atoms with van der Waals surface area (Å²) in [5, 5.41) is 9.37. The molecule has 0 amide bonds. The lowest BCUT2D eigenvalue weighted by Crippen LogP contribution is -2.46. The largest absolute Gasteiger partial charge is 0.433 e. The van der Waals surface area contributed by atoms with Crippen LogP contribution >= 0.6 is 0 Å². The molecule has 0 spiro atoms. The van der Waals surface area contributed by atoms with E-state index in [0.717, 1.165) is 12.3 Å². The average Bonchev–Trinajstić information content (AvgIpc) is 2.46. The molecular weight excluding hydrogens is 321 g/mol. The van der Waals surface area contributed by atoms with Crippen molar-refractivity contribution in [2.75, 3.05) is 19.7 Å². The summed E-state index contributed by atoms with van der Waals surface area (Å²) in [4.78, 5) is 2.91. The third-order valence-electron chi connectivity index (χ3n) is 3.79. The quantitative estimate of drug-likeness (QED) is 0.914. The van der Waals surface area contributed by atoms with Crippen molar-refractivity contribution in [1.29, 1.82) is 0 Å². The summed E-state index contributed by atoms with van der Waals surface area (Å²) in [6.07, 6.45) is -2.60. The number of hydrogen-bond donors (Lipinski definition) is 1. The van der Waals surface area contributed by atoms with Gasteiger partial charge in [-0.3, -0.25) is 4.98 Å². The van der Waals surface area contributed by atoms with Crippen LogP contribution in [-0.2, 0) is 16.2 Å². The van der Waals surface area contributed by atoms with Gasteiger partial charge in [0.15, 0.2) is 0 Å². The number of halogens is 3. The molecule has 0 aliphatic carbocycles. The number of sulfonamides is 1. The van der Waals surface area contributed by atoms with Gasteiger partial charge in [-0.25, -0.2) is 8.42 Å². The van der Waals surface area contributed by atoms with Gasteiger partial charge in [0.05, 0.1) is 0 Å². The predicted octanol–water partition coefficient (Wildman–Crippen LogP) is 1.88. The van der Waals surface area contributed by atoms with Gasteiger partial charge in [-0.1, -0.05) is 6.92 Å². The fraction of sp³-hybridized carbons (Fsp3) is 0.615. The third kappa shape index (κ3) is 3.41. The van der Waals surface area contributed by atoms with E-state index in [9.17, 15) is 26.7 Å². The molecule has 1 aliphatic rings. The average molecular weight is 338 g/mol. The smallest absolute Gasteiger partial charge is 0.396 e. The summed E-state index contributed by atoms with van der Waals surface area (Å²) in [7, 11) is -3.91. The molecule has 1 fully saturated rings. The number of pyridine rings is 1. The highest BCUT2D eigenvalue weighted by Gasteiger charge is 2.37. The Bertz CT molecular complexity index is 631. The monoisotopic (exact) mass is 338 g/mol. The van der Waals surface area contributed by atoms with E-state index < -0.39 is 27.3 Å². The lowest BCUT2D eigenvalue weighted by atomic mass is 9.84. The molecule has 0 aromatic carbocycles. The van der Waals surface area contributed by atoms with Gasteiger partial charge in [-0.15, -0.1) is 0 Å². The Hall–Kier alpha value is -1.19. The van der Waals surface area contributed by atoms with E-state index in [1.54, 1.807) is 6.92 Å². The Kier molecular flexibility index (Phi) is 4.51. The van der Waals surface area contributed by atoms with Crippen molar-refractivity contribution >= 4 is 10.0 Å². The minimum absolute atomic E-state index is 0.132. The van der Waals surface area contributed by atoms with Crippen LogP contribution in [0.3, 0.4) is 0 Å². The molecule has 9 heteroatoms. The second-order valence-corrected chi connectivity index (χ2v) is 7.73. The summed E-state index contributed by atoms with van der Waals surface area (Å²) in [6.45, 7) is 2.04. The molecule has 0 unspecified atom stereocenters. The number of hydrogen-bond acceptors (Lipinski definition) is 4. The Morgan fingerprint density at radius 1 is 1.41 bits per heavy atom. The van der Waals surface area contributed by atoms with Crippen LogP contribution < -0.4 is 0 Å². The maximum Gasteiger partial charge on any atom is 0.433 e. The van der Waals surface area contributed by atoms with Crippen molar-refractivity contribution in [2.24, 2.45) is 5.41 Å². The first-order valence-electron chi connectivity index (χ1n) is 6.73. The molecule has 124 valence electrons. The zero-order valence-electron chi connectivity index (χ0n) is 12.0. The molecule has 1 aliphatic heterocycles. The van der Waals surface area contributed by atoms with Crippen molar-refractivity contribution in [3.8, 4) is 0 Å². The fourth-order valence-corrected chi connectivity index (χ4v) is 4.03. The minimum Gasteiger partial charge on any atom is -0.396 e. The van der Waals surface area contributed by atoms with Gasteiger partial charge in [0.2, 0.25) is 10.0 Å². The highest BCUT2D eigenvalue weighted by molar-refractivity contribution is 7.89. The molecule has 1 atom stereocenters. The fourth-order valence-electron chi connectivity index (χ4n) is 2.45. The standard InChI is InChI=1S/C13H17F3N2O3S/c1-12(9-19)5-2-6-18(8-12)22(20,21)10-3-4-11(17-7-10)13(14,15)16/h3-4,7,19H,2,5-6,8-9H2,1H3/t12-/m1/s1. The van der Waals surface area contributed by atoms with Crippen molar-refractivity contribution in [2.45, 2.75) is 30.8 Å². The van der Waals surface area contributed by atoms with Crippen molar-refractivity contribution in [1.82, 2.24) is 9.29 Å². The highest BCUT2D eigenvalue weighted by atomic mass is 32.2. The maximum absolute atomic E-state index is 12.5. The number of piperidine rings is 1. The number of alkyl halides is 3. The van der Waals surface area contributed by atoms with Gasteiger partial charge in [0.1, 0.15) is 10.6 Å². The van der Waals surface area contributed by atoms with Crippen LogP contribution in [0.25, 0.3) is 0 Å². The predicted molar refractivity (Wildman–Crippen MR) is 72.4 cm³/mol. The maximum atomic E-state index is 12.5. The molecule has 1 saturated heterocycles. The van der Waals surface area contributed by atoms with Crippen molar-refractivity contribution < 1.29 is 26.7 Å². The Labute approximate surface area is 126 Å². The first-order valence-corrected chi connectivity index (χ1v) is 8.17. The second-order valence-electron chi connectivity index (χ2n) is 5.79. The molecule has 1 aromatic rings. The Morgan fingerprint density at radius 3 is 2.59 bits per heavy atom. The van der Waals surface area contributed by atoms with E-state index in [-0.39, 0.29) is 24.6 Å². The zero-order chi connectivity index (χ0) is 16.6. The van der Waals surface area contributed by atoms with Gasteiger partial charge in [0, 0.05) is 31.3 Å². The minimum atomic E-state index is -4.61. The summed E-state index contributed by atoms with van der Waals surface area (Å²) in [6, 6.07) is 1.57. The van der Waals surface area contributed by atoms with Crippen LogP contribution in [-0.4, -0.2) is 42.5 Å².